The third-order valence-corrected chi connectivity index (χ3v) is 7.56. The molecule has 10 nitrogen and oxygen atoms in total. The fourth-order valence-electron chi connectivity index (χ4n) is 3.05. The van der Waals surface area contributed by atoms with E-state index < -0.39 is 26.0 Å². The molecule has 0 radical (unpaired) electrons. The Balaban J connectivity index is 1.76. The molecular formula is C19H23N3O7S2. The van der Waals surface area contributed by atoms with Gasteiger partial charge in [-0.05, 0) is 35.9 Å². The van der Waals surface area contributed by atoms with Gasteiger partial charge in [0.2, 0.25) is 20.0 Å². The smallest absolute Gasteiger partial charge is 0.340 e. The van der Waals surface area contributed by atoms with Crippen LogP contribution in [0.15, 0.2) is 52.3 Å². The molecule has 3 N–H and O–H groups in total. The number of carbonyl (C=O) groups is 1. The van der Waals surface area contributed by atoms with E-state index in [9.17, 15) is 21.6 Å². The van der Waals surface area contributed by atoms with E-state index >= 15 is 0 Å². The van der Waals surface area contributed by atoms with Gasteiger partial charge in [-0.2, -0.15) is 4.31 Å². The van der Waals surface area contributed by atoms with Crippen molar-refractivity contribution in [3.8, 4) is 0 Å². The summed E-state index contributed by atoms with van der Waals surface area (Å²) in [6, 6.07) is 10.2. The first-order valence-electron chi connectivity index (χ1n) is 9.29. The van der Waals surface area contributed by atoms with Crippen LogP contribution in [0.1, 0.15) is 15.9 Å². The van der Waals surface area contributed by atoms with Crippen LogP contribution in [0, 0.1) is 0 Å². The first kappa shape index (κ1) is 23.2. The summed E-state index contributed by atoms with van der Waals surface area (Å²) in [6.45, 7) is 1.63. The maximum absolute atomic E-state index is 12.7. The molecule has 0 bridgehead atoms. The monoisotopic (exact) mass is 469 g/mol. The molecule has 0 amide bonds. The summed E-state index contributed by atoms with van der Waals surface area (Å²) in [7, 11) is -6.38. The molecule has 0 spiro atoms. The number of methoxy groups -OCH3 is 1. The number of ether oxygens (including phenoxy) is 2. The summed E-state index contributed by atoms with van der Waals surface area (Å²) in [5.74, 6) is -0.722. The Morgan fingerprint density at radius 1 is 1.06 bits per heavy atom. The zero-order chi connectivity index (χ0) is 22.6. The number of carbonyl (C=O) groups excluding carboxylic acids is 1. The molecule has 1 fully saturated rings. The Hall–Kier alpha value is -2.51. The van der Waals surface area contributed by atoms with Crippen LogP contribution in [0.25, 0.3) is 0 Å². The SMILES string of the molecule is COC(=O)c1cc(S(N)(=O)=O)ccc1NCc1ccc(S(=O)(=O)N2CCOCC2)cc1. The molecule has 1 aliphatic heterocycles. The van der Waals surface area contributed by atoms with Gasteiger partial charge in [-0.25, -0.2) is 26.8 Å². The van der Waals surface area contributed by atoms with Crippen LogP contribution >= 0.6 is 0 Å². The van der Waals surface area contributed by atoms with Crippen LogP contribution in [0.2, 0.25) is 0 Å². The summed E-state index contributed by atoms with van der Waals surface area (Å²) < 4.78 is 59.8. The van der Waals surface area contributed by atoms with Crippen LogP contribution in [-0.4, -0.2) is 60.5 Å². The second-order valence-electron chi connectivity index (χ2n) is 6.76. The lowest BCUT2D eigenvalue weighted by Gasteiger charge is -2.26. The fraction of sp³-hybridized carbons (Fsp3) is 0.316. The van der Waals surface area contributed by atoms with Crippen LogP contribution < -0.4 is 10.5 Å². The summed E-state index contributed by atoms with van der Waals surface area (Å²) in [6.07, 6.45) is 0. The molecule has 12 heteroatoms. The number of morpholine rings is 1. The Kier molecular flexibility index (Phi) is 6.96. The average Bonchev–Trinajstić information content (AvgIpc) is 2.77. The third-order valence-electron chi connectivity index (χ3n) is 4.74. The van der Waals surface area contributed by atoms with E-state index in [1.807, 2.05) is 0 Å². The fourth-order valence-corrected chi connectivity index (χ4v) is 4.99. The summed E-state index contributed by atoms with van der Waals surface area (Å²) in [5, 5.41) is 8.16. The molecule has 1 aliphatic rings. The largest absolute Gasteiger partial charge is 0.465 e. The van der Waals surface area contributed by atoms with Gasteiger partial charge in [-0.1, -0.05) is 12.1 Å². The normalized spacial score (nSPS) is 15.4. The van der Waals surface area contributed by atoms with Gasteiger partial charge in [-0.3, -0.25) is 0 Å². The number of primary sulfonamides is 1. The minimum absolute atomic E-state index is 0.0144. The summed E-state index contributed by atoms with van der Waals surface area (Å²) in [4.78, 5) is 12.0. The predicted molar refractivity (Wildman–Crippen MR) is 113 cm³/mol. The summed E-state index contributed by atoms with van der Waals surface area (Å²) >= 11 is 0. The standard InChI is InChI=1S/C19H23N3O7S2/c1-28-19(23)17-12-16(30(20,24)25)6-7-18(17)21-13-14-2-4-15(5-3-14)31(26,27)22-8-10-29-11-9-22/h2-7,12,21H,8-11,13H2,1H3,(H2,20,24,25). The van der Waals surface area contributed by atoms with Crippen molar-refractivity contribution in [1.82, 2.24) is 4.31 Å². The number of sulfonamides is 2. The molecule has 168 valence electrons. The van der Waals surface area contributed by atoms with E-state index in [4.69, 9.17) is 14.6 Å². The zero-order valence-corrected chi connectivity index (χ0v) is 18.4. The van der Waals surface area contributed by atoms with E-state index in [0.29, 0.717) is 32.0 Å². The quantitative estimate of drug-likeness (QED) is 0.565. The number of nitrogens with two attached hydrogens (primary N) is 1. The maximum Gasteiger partial charge on any atom is 0.340 e. The van der Waals surface area contributed by atoms with E-state index in [0.717, 1.165) is 11.6 Å². The zero-order valence-electron chi connectivity index (χ0n) is 16.8. The topological polar surface area (TPSA) is 145 Å². The molecule has 2 aromatic carbocycles. The number of rotatable bonds is 7. The van der Waals surface area contributed by atoms with E-state index in [1.165, 1.54) is 35.7 Å². The molecule has 0 aliphatic carbocycles. The molecule has 1 heterocycles. The van der Waals surface area contributed by atoms with Crippen molar-refractivity contribution in [3.05, 3.63) is 53.6 Å². The molecule has 31 heavy (non-hydrogen) atoms. The highest BCUT2D eigenvalue weighted by Crippen LogP contribution is 2.23. The Morgan fingerprint density at radius 2 is 1.68 bits per heavy atom. The lowest BCUT2D eigenvalue weighted by molar-refractivity contribution is 0.0601. The number of nitrogens with one attached hydrogen (secondary N) is 1. The van der Waals surface area contributed by atoms with Crippen molar-refractivity contribution in [2.45, 2.75) is 16.3 Å². The second-order valence-corrected chi connectivity index (χ2v) is 10.3. The number of nitrogens with zero attached hydrogens (tertiary/aromatic N) is 1. The van der Waals surface area contributed by atoms with Crippen LogP contribution in [0.3, 0.4) is 0 Å². The van der Waals surface area contributed by atoms with Gasteiger partial charge in [0.1, 0.15) is 0 Å². The number of hydrogen-bond acceptors (Lipinski definition) is 8. The third kappa shape index (κ3) is 5.40. The lowest BCUT2D eigenvalue weighted by Crippen LogP contribution is -2.40. The Labute approximate surface area is 181 Å². The summed E-state index contributed by atoms with van der Waals surface area (Å²) in [5.41, 5.74) is 1.12. The van der Waals surface area contributed by atoms with Gasteiger partial charge in [0.25, 0.3) is 0 Å². The highest BCUT2D eigenvalue weighted by molar-refractivity contribution is 7.89. The van der Waals surface area contributed by atoms with Crippen molar-refractivity contribution in [1.29, 1.82) is 0 Å². The minimum atomic E-state index is -3.98. The molecule has 3 rings (SSSR count). The van der Waals surface area contributed by atoms with E-state index in [-0.39, 0.29) is 21.9 Å². The van der Waals surface area contributed by atoms with Crippen molar-refractivity contribution >= 4 is 31.7 Å². The number of esters is 1. The molecule has 0 atom stereocenters. The molecule has 1 saturated heterocycles. The Bertz CT molecular complexity index is 1160. The molecular weight excluding hydrogens is 446 g/mol. The van der Waals surface area contributed by atoms with E-state index in [1.54, 1.807) is 12.1 Å². The number of anilines is 1. The van der Waals surface area contributed by atoms with Gasteiger partial charge < -0.3 is 14.8 Å². The highest BCUT2D eigenvalue weighted by Gasteiger charge is 2.26. The molecule has 2 aromatic rings. The predicted octanol–water partition coefficient (Wildman–Crippen LogP) is 0.754. The first-order chi connectivity index (χ1) is 14.6. The first-order valence-corrected chi connectivity index (χ1v) is 12.3. The Morgan fingerprint density at radius 3 is 2.26 bits per heavy atom. The number of benzene rings is 2. The van der Waals surface area contributed by atoms with Gasteiger partial charge in [-0.15, -0.1) is 0 Å². The molecule has 0 saturated carbocycles. The van der Waals surface area contributed by atoms with Crippen molar-refractivity contribution in [2.24, 2.45) is 5.14 Å². The minimum Gasteiger partial charge on any atom is -0.465 e. The van der Waals surface area contributed by atoms with Crippen LogP contribution in [0.4, 0.5) is 5.69 Å². The lowest BCUT2D eigenvalue weighted by atomic mass is 10.1. The van der Waals surface area contributed by atoms with Crippen molar-refractivity contribution < 1.29 is 31.1 Å². The van der Waals surface area contributed by atoms with Gasteiger partial charge >= 0.3 is 5.97 Å². The van der Waals surface area contributed by atoms with Gasteiger partial charge in [0.05, 0.1) is 35.7 Å². The van der Waals surface area contributed by atoms with Crippen molar-refractivity contribution in [2.75, 3.05) is 38.7 Å². The molecule has 0 unspecified atom stereocenters. The maximum atomic E-state index is 12.7. The van der Waals surface area contributed by atoms with E-state index in [2.05, 4.69) is 5.32 Å². The molecule has 0 aromatic heterocycles. The van der Waals surface area contributed by atoms with Gasteiger partial charge in [0, 0.05) is 25.3 Å². The highest BCUT2D eigenvalue weighted by atomic mass is 32.2. The number of hydrogen-bond donors (Lipinski definition) is 2. The van der Waals surface area contributed by atoms with Crippen LogP contribution in [-0.2, 0) is 36.1 Å². The van der Waals surface area contributed by atoms with Crippen LogP contribution in [0.5, 0.6) is 0 Å². The average molecular weight is 470 g/mol. The van der Waals surface area contributed by atoms with Crippen molar-refractivity contribution in [3.63, 3.8) is 0 Å². The van der Waals surface area contributed by atoms with Gasteiger partial charge in [0.15, 0.2) is 0 Å². The second kappa shape index (κ2) is 9.32.